The van der Waals surface area contributed by atoms with E-state index < -0.39 is 5.91 Å². The molecule has 0 fully saturated rings. The van der Waals surface area contributed by atoms with Crippen molar-refractivity contribution in [3.05, 3.63) is 30.1 Å². The van der Waals surface area contributed by atoms with Gasteiger partial charge in [-0.3, -0.25) is 14.6 Å². The van der Waals surface area contributed by atoms with Gasteiger partial charge in [-0.15, -0.1) is 0 Å². The molecule has 17 heavy (non-hydrogen) atoms. The molecule has 1 rings (SSSR count). The van der Waals surface area contributed by atoms with Crippen LogP contribution in [0.4, 0.5) is 0 Å². The minimum atomic E-state index is -0.522. The summed E-state index contributed by atoms with van der Waals surface area (Å²) in [6.07, 6.45) is 1.36. The number of rotatable bonds is 4. The van der Waals surface area contributed by atoms with Crippen molar-refractivity contribution in [1.82, 2.24) is 4.98 Å². The van der Waals surface area contributed by atoms with Gasteiger partial charge >= 0.3 is 0 Å². The van der Waals surface area contributed by atoms with E-state index in [-0.39, 0.29) is 18.1 Å². The lowest BCUT2D eigenvalue weighted by Gasteiger charge is -2.05. The summed E-state index contributed by atoms with van der Waals surface area (Å²) in [5, 5.41) is 0. The minimum absolute atomic E-state index is 0.152. The molecule has 0 aliphatic rings. The maximum Gasteiger partial charge on any atom is 0.256 e. The Bertz CT molecular complexity index is 427. The van der Waals surface area contributed by atoms with Gasteiger partial charge in [0.25, 0.3) is 5.91 Å². The van der Waals surface area contributed by atoms with Crippen LogP contribution in [0.25, 0.3) is 0 Å². The third-order valence-electron chi connectivity index (χ3n) is 1.79. The topological polar surface area (TPSA) is 68.6 Å². The fraction of sp³-hybridized carbons (Fsp3) is 0.333. The number of carbonyl (C=O) groups is 2. The van der Waals surface area contributed by atoms with Gasteiger partial charge < -0.3 is 4.74 Å². The molecular weight excluding hydrogens is 220 g/mol. The molecular formula is C12H14N2O3. The smallest absolute Gasteiger partial charge is 0.256 e. The number of hydrogen-bond donors (Lipinski definition) is 0. The molecule has 5 heteroatoms. The Morgan fingerprint density at radius 3 is 2.71 bits per heavy atom. The van der Waals surface area contributed by atoms with Crippen LogP contribution in [0.15, 0.2) is 29.4 Å². The first-order valence-corrected chi connectivity index (χ1v) is 5.28. The highest BCUT2D eigenvalue weighted by Gasteiger charge is 2.10. The summed E-state index contributed by atoms with van der Waals surface area (Å²) in [6.45, 7) is 3.51. The zero-order valence-corrected chi connectivity index (χ0v) is 9.84. The second-order valence-corrected chi connectivity index (χ2v) is 3.34. The summed E-state index contributed by atoms with van der Waals surface area (Å²) < 4.78 is 5.24. The molecule has 0 spiro atoms. The maximum absolute atomic E-state index is 11.4. The fourth-order valence-electron chi connectivity index (χ4n) is 1.16. The number of Topliss-reactive ketones (excluding diaryl/α,β-unsaturated/α-hetero) is 1. The predicted octanol–water partition coefficient (Wildman–Crippen LogP) is 1.37. The highest BCUT2D eigenvalue weighted by molar-refractivity contribution is 6.05. The van der Waals surface area contributed by atoms with Crippen LogP contribution in [0.5, 0.6) is 0 Å². The lowest BCUT2D eigenvalue weighted by molar-refractivity contribution is -0.125. The van der Waals surface area contributed by atoms with E-state index in [0.29, 0.717) is 12.3 Å². The van der Waals surface area contributed by atoms with Crippen LogP contribution in [0.2, 0.25) is 0 Å². The van der Waals surface area contributed by atoms with E-state index in [1.807, 2.05) is 0 Å². The maximum atomic E-state index is 11.4. The van der Waals surface area contributed by atoms with Gasteiger partial charge in [-0.25, -0.2) is 0 Å². The van der Waals surface area contributed by atoms with Crippen molar-refractivity contribution in [3.8, 4) is 0 Å². The second-order valence-electron chi connectivity index (χ2n) is 3.34. The number of pyridine rings is 1. The molecule has 1 heterocycles. The van der Waals surface area contributed by atoms with E-state index in [0.717, 1.165) is 0 Å². The molecule has 0 radical (unpaired) electrons. The summed E-state index contributed by atoms with van der Waals surface area (Å²) in [5.74, 6) is -0.596. The van der Waals surface area contributed by atoms with Crippen molar-refractivity contribution < 1.29 is 14.3 Å². The number of hydrogen-bond acceptors (Lipinski definition) is 4. The monoisotopic (exact) mass is 234 g/mol. The van der Waals surface area contributed by atoms with E-state index in [2.05, 4.69) is 9.98 Å². The molecule has 1 aromatic heterocycles. The van der Waals surface area contributed by atoms with Crippen molar-refractivity contribution in [1.29, 1.82) is 0 Å². The average Bonchev–Trinajstić information content (AvgIpc) is 2.28. The van der Waals surface area contributed by atoms with E-state index >= 15 is 0 Å². The Labute approximate surface area is 99.5 Å². The number of ether oxygens (including phenoxy) is 1. The number of ketones is 1. The summed E-state index contributed by atoms with van der Waals surface area (Å²) in [6, 6.07) is 5.21. The second kappa shape index (κ2) is 6.52. The van der Waals surface area contributed by atoms with E-state index in [4.69, 9.17) is 4.74 Å². The summed E-state index contributed by atoms with van der Waals surface area (Å²) in [5.41, 5.74) is 0.478. The van der Waals surface area contributed by atoms with Crippen LogP contribution in [-0.2, 0) is 14.3 Å². The molecule has 0 aliphatic heterocycles. The van der Waals surface area contributed by atoms with E-state index in [1.54, 1.807) is 31.3 Å². The van der Waals surface area contributed by atoms with E-state index in [9.17, 15) is 9.59 Å². The number of amides is 1. The van der Waals surface area contributed by atoms with Crippen LogP contribution in [0, 0.1) is 0 Å². The molecule has 0 saturated carbocycles. The number of nitrogens with zero attached hydrogens (tertiary/aromatic N) is 2. The van der Waals surface area contributed by atoms with E-state index in [1.165, 1.54) is 6.92 Å². The average molecular weight is 234 g/mol. The van der Waals surface area contributed by atoms with Crippen LogP contribution in [0.3, 0.4) is 0 Å². The molecule has 0 atom stereocenters. The quantitative estimate of drug-likeness (QED) is 0.448. The SMILES string of the molecule is CCOC(=NC(=O)CC(C)=O)c1ccccn1. The van der Waals surface area contributed by atoms with Gasteiger partial charge in [-0.1, -0.05) is 6.07 Å². The van der Waals surface area contributed by atoms with Gasteiger partial charge in [0.1, 0.15) is 11.5 Å². The first kappa shape index (κ1) is 13.0. The molecule has 90 valence electrons. The summed E-state index contributed by atoms with van der Waals surface area (Å²) in [7, 11) is 0. The molecule has 1 amide bonds. The lowest BCUT2D eigenvalue weighted by atomic mass is 10.3. The molecule has 1 aromatic rings. The third-order valence-corrected chi connectivity index (χ3v) is 1.79. The van der Waals surface area contributed by atoms with Crippen molar-refractivity contribution in [3.63, 3.8) is 0 Å². The van der Waals surface area contributed by atoms with Gasteiger partial charge in [-0.2, -0.15) is 4.99 Å². The minimum Gasteiger partial charge on any atom is -0.476 e. The Morgan fingerprint density at radius 2 is 2.18 bits per heavy atom. The first-order valence-electron chi connectivity index (χ1n) is 5.28. The lowest BCUT2D eigenvalue weighted by Crippen LogP contribution is -2.12. The molecule has 0 N–H and O–H groups in total. The van der Waals surface area contributed by atoms with Crippen molar-refractivity contribution in [2.75, 3.05) is 6.61 Å². The van der Waals surface area contributed by atoms with Crippen molar-refractivity contribution in [2.45, 2.75) is 20.3 Å². The molecule has 0 bridgehead atoms. The van der Waals surface area contributed by atoms with Crippen LogP contribution < -0.4 is 0 Å². The Balaban J connectivity index is 2.89. The highest BCUT2D eigenvalue weighted by Crippen LogP contribution is 2.00. The standard InChI is InChI=1S/C12H14N2O3/c1-3-17-12(10-6-4-5-7-13-10)14-11(16)8-9(2)15/h4-7H,3,8H2,1-2H3. The van der Waals surface area contributed by atoms with Gasteiger partial charge in [0, 0.05) is 6.20 Å². The summed E-state index contributed by atoms with van der Waals surface area (Å²) in [4.78, 5) is 30.0. The molecule has 0 unspecified atom stereocenters. The first-order chi connectivity index (χ1) is 8.13. The van der Waals surface area contributed by atoms with Gasteiger partial charge in [0.2, 0.25) is 5.90 Å². The van der Waals surface area contributed by atoms with Gasteiger partial charge in [0.05, 0.1) is 13.0 Å². The highest BCUT2D eigenvalue weighted by atomic mass is 16.5. The predicted molar refractivity (Wildman–Crippen MR) is 62.7 cm³/mol. The number of aromatic nitrogens is 1. The van der Waals surface area contributed by atoms with Crippen molar-refractivity contribution in [2.24, 2.45) is 4.99 Å². The molecule has 0 aromatic carbocycles. The third kappa shape index (κ3) is 4.55. The largest absolute Gasteiger partial charge is 0.476 e. The zero-order valence-electron chi connectivity index (χ0n) is 9.84. The van der Waals surface area contributed by atoms with Crippen molar-refractivity contribution >= 4 is 17.6 Å². The van der Waals surface area contributed by atoms with Gasteiger partial charge in [0.15, 0.2) is 0 Å². The number of aliphatic imine (C=N–C) groups is 1. The fourth-order valence-corrected chi connectivity index (χ4v) is 1.16. The Hall–Kier alpha value is -2.04. The Kier molecular flexibility index (Phi) is 5.00. The van der Waals surface area contributed by atoms with Crippen LogP contribution in [-0.4, -0.2) is 29.2 Å². The summed E-state index contributed by atoms with van der Waals surface area (Å²) >= 11 is 0. The van der Waals surface area contributed by atoms with Crippen LogP contribution >= 0.6 is 0 Å². The molecule has 5 nitrogen and oxygen atoms in total. The van der Waals surface area contributed by atoms with Gasteiger partial charge in [-0.05, 0) is 26.0 Å². The molecule has 0 aliphatic carbocycles. The molecule has 0 saturated heterocycles. The number of carbonyl (C=O) groups excluding carboxylic acids is 2. The normalized spacial score (nSPS) is 11.1. The zero-order chi connectivity index (χ0) is 12.7. The Morgan fingerprint density at radius 1 is 1.41 bits per heavy atom. The van der Waals surface area contributed by atoms with Crippen LogP contribution in [0.1, 0.15) is 26.0 Å².